The molecule has 110 valence electrons. The van der Waals surface area contributed by atoms with Crippen LogP contribution in [0.3, 0.4) is 0 Å². The number of aryl methyl sites for hydroxylation is 1. The molecule has 3 heterocycles. The van der Waals surface area contributed by atoms with Gasteiger partial charge >= 0.3 is 0 Å². The Labute approximate surface area is 125 Å². The van der Waals surface area contributed by atoms with Crippen molar-refractivity contribution in [2.75, 3.05) is 18.0 Å². The van der Waals surface area contributed by atoms with Gasteiger partial charge in [-0.25, -0.2) is 0 Å². The second-order valence-corrected chi connectivity index (χ2v) is 5.50. The zero-order valence-corrected chi connectivity index (χ0v) is 12.4. The summed E-state index contributed by atoms with van der Waals surface area (Å²) < 4.78 is 0. The molecule has 0 atom stereocenters. The van der Waals surface area contributed by atoms with E-state index in [0.717, 1.165) is 43.9 Å². The minimum atomic E-state index is 0.561. The molecule has 2 aromatic heterocycles. The molecule has 0 aromatic carbocycles. The molecule has 0 aliphatic carbocycles. The Balaban J connectivity index is 1.47. The van der Waals surface area contributed by atoms with Gasteiger partial charge in [-0.15, -0.1) is 0 Å². The van der Waals surface area contributed by atoms with Crippen LogP contribution in [0.25, 0.3) is 0 Å². The average Bonchev–Trinajstić information content (AvgIpc) is 2.56. The second kappa shape index (κ2) is 6.63. The Morgan fingerprint density at radius 1 is 1.14 bits per heavy atom. The maximum absolute atomic E-state index is 4.38. The monoisotopic (exact) mass is 283 g/mol. The maximum Gasteiger partial charge on any atom is 0.0724 e. The number of nitrogens with zero attached hydrogens (tertiary/aromatic N) is 4. The zero-order chi connectivity index (χ0) is 14.5. The fourth-order valence-corrected chi connectivity index (χ4v) is 2.66. The minimum absolute atomic E-state index is 0.561. The van der Waals surface area contributed by atoms with Crippen LogP contribution in [0.15, 0.2) is 36.9 Å². The lowest BCUT2D eigenvalue weighted by Gasteiger charge is -2.34. The molecule has 3 rings (SSSR count). The van der Waals surface area contributed by atoms with Crippen LogP contribution in [-0.2, 0) is 6.54 Å². The molecule has 1 saturated heterocycles. The van der Waals surface area contributed by atoms with Crippen LogP contribution < -0.4 is 10.2 Å². The van der Waals surface area contributed by atoms with Gasteiger partial charge in [0.05, 0.1) is 11.4 Å². The SMILES string of the molecule is Cc1cnc(CNC2CCN(c3ccncc3)CC2)cn1. The van der Waals surface area contributed by atoms with Gasteiger partial charge in [-0.2, -0.15) is 0 Å². The van der Waals surface area contributed by atoms with Crippen molar-refractivity contribution in [1.29, 1.82) is 0 Å². The van der Waals surface area contributed by atoms with E-state index in [2.05, 4.69) is 37.3 Å². The van der Waals surface area contributed by atoms with Crippen LogP contribution >= 0.6 is 0 Å². The first-order chi connectivity index (χ1) is 10.3. The molecule has 0 spiro atoms. The molecule has 21 heavy (non-hydrogen) atoms. The number of nitrogens with one attached hydrogen (secondary N) is 1. The van der Waals surface area contributed by atoms with E-state index in [1.54, 1.807) is 0 Å². The molecule has 0 bridgehead atoms. The molecule has 5 nitrogen and oxygen atoms in total. The van der Waals surface area contributed by atoms with E-state index >= 15 is 0 Å². The quantitative estimate of drug-likeness (QED) is 0.929. The summed E-state index contributed by atoms with van der Waals surface area (Å²) in [6.07, 6.45) is 9.70. The van der Waals surface area contributed by atoms with Gasteiger partial charge in [0.2, 0.25) is 0 Å². The summed E-state index contributed by atoms with van der Waals surface area (Å²) in [6, 6.07) is 4.72. The Kier molecular flexibility index (Phi) is 4.40. The summed E-state index contributed by atoms with van der Waals surface area (Å²) in [6.45, 7) is 4.93. The lowest BCUT2D eigenvalue weighted by Crippen LogP contribution is -2.42. The van der Waals surface area contributed by atoms with Crippen LogP contribution in [0.5, 0.6) is 0 Å². The van der Waals surface area contributed by atoms with Crippen LogP contribution in [-0.4, -0.2) is 34.1 Å². The highest BCUT2D eigenvalue weighted by Crippen LogP contribution is 2.18. The first-order valence-corrected chi connectivity index (χ1v) is 7.47. The summed E-state index contributed by atoms with van der Waals surface area (Å²) in [5.74, 6) is 0. The molecule has 0 radical (unpaired) electrons. The molecular formula is C16H21N5. The van der Waals surface area contributed by atoms with Crippen molar-refractivity contribution in [3.05, 3.63) is 48.3 Å². The fraction of sp³-hybridized carbons (Fsp3) is 0.438. The van der Waals surface area contributed by atoms with Crippen molar-refractivity contribution in [2.24, 2.45) is 0 Å². The van der Waals surface area contributed by atoms with E-state index in [1.165, 1.54) is 5.69 Å². The highest BCUT2D eigenvalue weighted by molar-refractivity contribution is 5.44. The van der Waals surface area contributed by atoms with E-state index in [9.17, 15) is 0 Å². The number of aromatic nitrogens is 3. The van der Waals surface area contributed by atoms with Crippen molar-refractivity contribution in [1.82, 2.24) is 20.3 Å². The van der Waals surface area contributed by atoms with Crippen LogP contribution in [0.2, 0.25) is 0 Å². The van der Waals surface area contributed by atoms with Gasteiger partial charge in [0.1, 0.15) is 0 Å². The molecule has 0 amide bonds. The van der Waals surface area contributed by atoms with Crippen molar-refractivity contribution in [3.63, 3.8) is 0 Å². The first kappa shape index (κ1) is 13.9. The van der Waals surface area contributed by atoms with Gasteiger partial charge in [0.15, 0.2) is 0 Å². The molecule has 1 aliphatic heterocycles. The number of pyridine rings is 1. The average molecular weight is 283 g/mol. The molecule has 0 unspecified atom stereocenters. The second-order valence-electron chi connectivity index (χ2n) is 5.50. The van der Waals surface area contributed by atoms with E-state index in [-0.39, 0.29) is 0 Å². The van der Waals surface area contributed by atoms with Gasteiger partial charge in [0.25, 0.3) is 0 Å². The van der Waals surface area contributed by atoms with Crippen LogP contribution in [0.1, 0.15) is 24.2 Å². The summed E-state index contributed by atoms with van der Waals surface area (Å²) >= 11 is 0. The third kappa shape index (κ3) is 3.76. The van der Waals surface area contributed by atoms with Gasteiger partial charge in [0, 0.05) is 56.2 Å². The lowest BCUT2D eigenvalue weighted by molar-refractivity contribution is 0.411. The molecule has 5 heteroatoms. The maximum atomic E-state index is 4.38. The van der Waals surface area contributed by atoms with Crippen molar-refractivity contribution < 1.29 is 0 Å². The first-order valence-electron chi connectivity index (χ1n) is 7.47. The zero-order valence-electron chi connectivity index (χ0n) is 12.4. The number of hydrogen-bond acceptors (Lipinski definition) is 5. The number of hydrogen-bond donors (Lipinski definition) is 1. The molecule has 0 saturated carbocycles. The van der Waals surface area contributed by atoms with Crippen molar-refractivity contribution in [2.45, 2.75) is 32.4 Å². The Hall–Kier alpha value is -2.01. The largest absolute Gasteiger partial charge is 0.371 e. The summed E-state index contributed by atoms with van der Waals surface area (Å²) in [4.78, 5) is 15.2. The molecular weight excluding hydrogens is 262 g/mol. The highest BCUT2D eigenvalue weighted by Gasteiger charge is 2.18. The topological polar surface area (TPSA) is 53.9 Å². The number of rotatable bonds is 4. The van der Waals surface area contributed by atoms with Crippen molar-refractivity contribution >= 4 is 5.69 Å². The lowest BCUT2D eigenvalue weighted by atomic mass is 10.0. The standard InChI is InChI=1S/C16H21N5/c1-13-10-19-15(11-18-13)12-20-14-4-8-21(9-5-14)16-2-6-17-7-3-16/h2-3,6-7,10-11,14,20H,4-5,8-9,12H2,1H3. The van der Waals surface area contributed by atoms with Gasteiger partial charge in [-0.3, -0.25) is 15.0 Å². The third-order valence-corrected chi connectivity index (χ3v) is 3.93. The van der Waals surface area contributed by atoms with Crippen LogP contribution in [0.4, 0.5) is 5.69 Å². The Morgan fingerprint density at radius 3 is 2.57 bits per heavy atom. The number of anilines is 1. The summed E-state index contributed by atoms with van der Waals surface area (Å²) in [7, 11) is 0. The predicted octanol–water partition coefficient (Wildman–Crippen LogP) is 1.94. The highest BCUT2D eigenvalue weighted by atomic mass is 15.1. The molecule has 1 aliphatic rings. The molecule has 2 aromatic rings. The summed E-state index contributed by atoms with van der Waals surface area (Å²) in [5, 5.41) is 3.59. The third-order valence-electron chi connectivity index (χ3n) is 3.93. The van der Waals surface area contributed by atoms with E-state index in [0.29, 0.717) is 6.04 Å². The smallest absolute Gasteiger partial charge is 0.0724 e. The normalized spacial score (nSPS) is 16.1. The fourth-order valence-electron chi connectivity index (χ4n) is 2.66. The van der Waals surface area contributed by atoms with E-state index in [4.69, 9.17) is 0 Å². The van der Waals surface area contributed by atoms with Gasteiger partial charge < -0.3 is 10.2 Å². The minimum Gasteiger partial charge on any atom is -0.371 e. The molecule has 1 N–H and O–H groups in total. The van der Waals surface area contributed by atoms with Crippen molar-refractivity contribution in [3.8, 4) is 0 Å². The van der Waals surface area contributed by atoms with Gasteiger partial charge in [-0.1, -0.05) is 0 Å². The number of piperidine rings is 1. The predicted molar refractivity (Wildman–Crippen MR) is 83.1 cm³/mol. The van der Waals surface area contributed by atoms with Gasteiger partial charge in [-0.05, 0) is 31.9 Å². The molecule has 1 fully saturated rings. The van der Waals surface area contributed by atoms with Crippen LogP contribution in [0, 0.1) is 6.92 Å². The van der Waals surface area contributed by atoms with E-state index < -0.39 is 0 Å². The van der Waals surface area contributed by atoms with E-state index in [1.807, 2.05) is 31.7 Å². The Bertz CT molecular complexity index is 547. The summed E-state index contributed by atoms with van der Waals surface area (Å²) in [5.41, 5.74) is 3.24. The Morgan fingerprint density at radius 2 is 1.90 bits per heavy atom.